The lowest BCUT2D eigenvalue weighted by Gasteiger charge is -2.34. The summed E-state index contributed by atoms with van der Waals surface area (Å²) in [7, 11) is 3.99. The van der Waals surface area contributed by atoms with Crippen molar-refractivity contribution in [3.8, 4) is 0 Å². The molecule has 1 amide bonds. The van der Waals surface area contributed by atoms with Crippen LogP contribution < -0.4 is 5.73 Å². The van der Waals surface area contributed by atoms with Crippen molar-refractivity contribution in [2.24, 2.45) is 11.1 Å². The molecule has 6 nitrogen and oxygen atoms in total. The van der Waals surface area contributed by atoms with Gasteiger partial charge >= 0.3 is 5.97 Å². The summed E-state index contributed by atoms with van der Waals surface area (Å²) in [5.74, 6) is -0.762. The quantitative estimate of drug-likeness (QED) is 0.533. The van der Waals surface area contributed by atoms with Gasteiger partial charge in [0, 0.05) is 25.0 Å². The highest BCUT2D eigenvalue weighted by Gasteiger charge is 2.32. The number of carbonyl (C=O) groups is 2. The molecule has 0 fully saturated rings. The van der Waals surface area contributed by atoms with Crippen molar-refractivity contribution >= 4 is 11.9 Å². The van der Waals surface area contributed by atoms with E-state index in [0.29, 0.717) is 25.9 Å². The molecule has 0 saturated heterocycles. The number of carbonyl (C=O) groups excluding carboxylic acids is 1. The number of rotatable bonds is 12. The van der Waals surface area contributed by atoms with Gasteiger partial charge in [-0.05, 0) is 46.2 Å². The highest BCUT2D eigenvalue weighted by atomic mass is 16.4. The van der Waals surface area contributed by atoms with Crippen LogP contribution in [0.5, 0.6) is 0 Å². The van der Waals surface area contributed by atoms with Crippen molar-refractivity contribution in [2.75, 3.05) is 33.7 Å². The first-order valence-corrected chi connectivity index (χ1v) is 8.60. The fourth-order valence-electron chi connectivity index (χ4n) is 2.36. The van der Waals surface area contributed by atoms with Gasteiger partial charge in [-0.25, -0.2) is 0 Å². The van der Waals surface area contributed by atoms with Crippen LogP contribution in [-0.4, -0.2) is 66.6 Å². The zero-order valence-electron chi connectivity index (χ0n) is 15.5. The highest BCUT2D eigenvalue weighted by molar-refractivity contribution is 5.82. The predicted molar refractivity (Wildman–Crippen MR) is 93.3 cm³/mol. The molecule has 0 aromatic heterocycles. The van der Waals surface area contributed by atoms with E-state index in [-0.39, 0.29) is 11.3 Å². The Bertz CT molecular complexity index is 368. The summed E-state index contributed by atoms with van der Waals surface area (Å²) in [5.41, 5.74) is 5.20. The average molecular weight is 329 g/mol. The number of aliphatic carboxylic acids is 1. The Balaban J connectivity index is 4.63. The second-order valence-corrected chi connectivity index (χ2v) is 6.80. The minimum Gasteiger partial charge on any atom is -0.480 e. The van der Waals surface area contributed by atoms with E-state index in [1.54, 1.807) is 0 Å². The van der Waals surface area contributed by atoms with Crippen LogP contribution in [-0.2, 0) is 9.59 Å². The SMILES string of the molecule is CCC(C)(CC)C(=O)N(CCCC[C@H](N)C(=O)O)CCN(C)C. The van der Waals surface area contributed by atoms with E-state index in [2.05, 4.69) is 18.7 Å². The van der Waals surface area contributed by atoms with E-state index in [1.807, 2.05) is 25.9 Å². The molecule has 0 saturated carbocycles. The molecule has 1 atom stereocenters. The molecule has 0 rings (SSSR count). The van der Waals surface area contributed by atoms with Crippen molar-refractivity contribution in [3.63, 3.8) is 0 Å². The maximum absolute atomic E-state index is 12.9. The van der Waals surface area contributed by atoms with Gasteiger partial charge in [0.15, 0.2) is 0 Å². The molecule has 0 aromatic rings. The molecule has 0 heterocycles. The van der Waals surface area contributed by atoms with Crippen LogP contribution in [0.1, 0.15) is 52.9 Å². The summed E-state index contributed by atoms with van der Waals surface area (Å²) in [6.45, 7) is 8.32. The molecule has 0 bridgehead atoms. The number of nitrogens with zero attached hydrogens (tertiary/aromatic N) is 2. The van der Waals surface area contributed by atoms with Crippen LogP contribution in [0.4, 0.5) is 0 Å². The number of nitrogens with two attached hydrogens (primary N) is 1. The minimum atomic E-state index is -0.963. The van der Waals surface area contributed by atoms with Crippen molar-refractivity contribution in [2.45, 2.75) is 58.9 Å². The number of carboxylic acid groups (broad SMARTS) is 1. The topological polar surface area (TPSA) is 86.9 Å². The van der Waals surface area contributed by atoms with Crippen LogP contribution in [0, 0.1) is 5.41 Å². The van der Waals surface area contributed by atoms with Gasteiger partial charge in [-0.1, -0.05) is 20.8 Å². The van der Waals surface area contributed by atoms with Gasteiger partial charge in [0.05, 0.1) is 0 Å². The lowest BCUT2D eigenvalue weighted by molar-refractivity contribution is -0.142. The van der Waals surface area contributed by atoms with Crippen LogP contribution in [0.15, 0.2) is 0 Å². The molecular weight excluding hydrogens is 294 g/mol. The van der Waals surface area contributed by atoms with Gasteiger partial charge < -0.3 is 20.6 Å². The molecule has 136 valence electrons. The number of hydrogen-bond acceptors (Lipinski definition) is 4. The van der Waals surface area contributed by atoms with E-state index in [0.717, 1.165) is 25.8 Å². The third-order valence-electron chi connectivity index (χ3n) is 4.69. The molecule has 6 heteroatoms. The van der Waals surface area contributed by atoms with Crippen molar-refractivity contribution in [1.82, 2.24) is 9.80 Å². The smallest absolute Gasteiger partial charge is 0.320 e. The second kappa shape index (κ2) is 10.6. The fraction of sp³-hybridized carbons (Fsp3) is 0.882. The molecule has 0 aliphatic rings. The summed E-state index contributed by atoms with van der Waals surface area (Å²) in [4.78, 5) is 27.6. The number of carboxylic acids is 1. The first-order valence-electron chi connectivity index (χ1n) is 8.60. The summed E-state index contributed by atoms with van der Waals surface area (Å²) in [5, 5.41) is 8.80. The molecule has 0 unspecified atom stereocenters. The van der Waals surface area contributed by atoms with Gasteiger partial charge in [0.1, 0.15) is 6.04 Å². The van der Waals surface area contributed by atoms with E-state index in [4.69, 9.17) is 10.8 Å². The third-order valence-corrected chi connectivity index (χ3v) is 4.69. The Morgan fingerprint density at radius 1 is 1.09 bits per heavy atom. The first kappa shape index (κ1) is 21.9. The van der Waals surface area contributed by atoms with Crippen LogP contribution in [0.25, 0.3) is 0 Å². The predicted octanol–water partition coefficient (Wildman–Crippen LogP) is 1.79. The maximum Gasteiger partial charge on any atom is 0.320 e. The van der Waals surface area contributed by atoms with Gasteiger partial charge in [-0.15, -0.1) is 0 Å². The van der Waals surface area contributed by atoms with Gasteiger partial charge in [0.2, 0.25) is 5.91 Å². The van der Waals surface area contributed by atoms with E-state index in [9.17, 15) is 9.59 Å². The molecule has 3 N–H and O–H groups in total. The summed E-state index contributed by atoms with van der Waals surface area (Å²) in [6, 6.07) is -0.808. The van der Waals surface area contributed by atoms with Crippen molar-refractivity contribution in [1.29, 1.82) is 0 Å². The van der Waals surface area contributed by atoms with Gasteiger partial charge in [-0.2, -0.15) is 0 Å². The molecule has 0 aliphatic heterocycles. The van der Waals surface area contributed by atoms with Crippen LogP contribution >= 0.6 is 0 Å². The molecule has 23 heavy (non-hydrogen) atoms. The second-order valence-electron chi connectivity index (χ2n) is 6.80. The zero-order valence-corrected chi connectivity index (χ0v) is 15.5. The Hall–Kier alpha value is -1.14. The van der Waals surface area contributed by atoms with Crippen molar-refractivity contribution < 1.29 is 14.7 Å². The van der Waals surface area contributed by atoms with E-state index in [1.165, 1.54) is 0 Å². The lowest BCUT2D eigenvalue weighted by atomic mass is 9.83. The largest absolute Gasteiger partial charge is 0.480 e. The number of unbranched alkanes of at least 4 members (excludes halogenated alkanes) is 1. The molecule has 0 aromatic carbocycles. The average Bonchev–Trinajstić information content (AvgIpc) is 2.52. The van der Waals surface area contributed by atoms with Gasteiger partial charge in [0.25, 0.3) is 0 Å². The molecule has 0 aliphatic carbocycles. The zero-order chi connectivity index (χ0) is 18.0. The highest BCUT2D eigenvalue weighted by Crippen LogP contribution is 2.28. The molecular formula is C17H35N3O3. The Kier molecular flexibility index (Phi) is 10.1. The molecule has 0 spiro atoms. The maximum atomic E-state index is 12.9. The molecule has 0 radical (unpaired) electrons. The van der Waals surface area contributed by atoms with Crippen LogP contribution in [0.3, 0.4) is 0 Å². The first-order chi connectivity index (χ1) is 10.7. The minimum absolute atomic E-state index is 0.201. The standard InChI is InChI=1S/C17H35N3O3/c1-6-17(3,7-2)16(23)20(13-12-19(4)5)11-9-8-10-14(18)15(21)22/h14H,6-13,18H2,1-5H3,(H,21,22)/t14-/m0/s1. The fourth-order valence-corrected chi connectivity index (χ4v) is 2.36. The van der Waals surface area contributed by atoms with Gasteiger partial charge in [-0.3, -0.25) is 9.59 Å². The monoisotopic (exact) mass is 329 g/mol. The summed E-state index contributed by atoms with van der Waals surface area (Å²) in [6.07, 6.45) is 3.59. The Labute approximate surface area is 141 Å². The lowest BCUT2D eigenvalue weighted by Crippen LogP contribution is -2.45. The normalized spacial score (nSPS) is 13.2. The van der Waals surface area contributed by atoms with Crippen LogP contribution in [0.2, 0.25) is 0 Å². The Morgan fingerprint density at radius 2 is 1.65 bits per heavy atom. The number of amides is 1. The summed E-state index contributed by atoms with van der Waals surface area (Å²) >= 11 is 0. The Morgan fingerprint density at radius 3 is 2.09 bits per heavy atom. The van der Waals surface area contributed by atoms with E-state index < -0.39 is 12.0 Å². The van der Waals surface area contributed by atoms with E-state index >= 15 is 0 Å². The number of likely N-dealkylation sites (N-methyl/N-ethyl adjacent to an activating group) is 1. The number of hydrogen-bond donors (Lipinski definition) is 2. The van der Waals surface area contributed by atoms with Crippen molar-refractivity contribution in [3.05, 3.63) is 0 Å². The summed E-state index contributed by atoms with van der Waals surface area (Å²) < 4.78 is 0. The third kappa shape index (κ3) is 7.79.